The van der Waals surface area contributed by atoms with Crippen LogP contribution in [0.4, 0.5) is 5.82 Å². The first-order valence-electron chi connectivity index (χ1n) is 5.40. The van der Waals surface area contributed by atoms with Gasteiger partial charge in [-0.15, -0.1) is 0 Å². The van der Waals surface area contributed by atoms with Crippen molar-refractivity contribution in [2.45, 2.75) is 45.4 Å². The van der Waals surface area contributed by atoms with Gasteiger partial charge in [-0.3, -0.25) is 4.98 Å². The maximum absolute atomic E-state index is 5.69. The first-order valence-corrected chi connectivity index (χ1v) is 5.40. The molecule has 0 atom stereocenters. The molecule has 0 aliphatic carbocycles. The highest BCUT2D eigenvalue weighted by atomic mass is 14.9. The second-order valence-corrected chi connectivity index (χ2v) is 3.55. The average molecular weight is 193 g/mol. The zero-order valence-electron chi connectivity index (χ0n) is 8.87. The maximum Gasteiger partial charge on any atom is 0.145 e. The van der Waals surface area contributed by atoms with Crippen LogP contribution in [0.15, 0.2) is 12.4 Å². The van der Waals surface area contributed by atoms with Gasteiger partial charge < -0.3 is 5.73 Å². The number of aromatic nitrogens is 2. The molecule has 1 rings (SSSR count). The minimum Gasteiger partial charge on any atom is -0.382 e. The largest absolute Gasteiger partial charge is 0.382 e. The molecule has 0 radical (unpaired) electrons. The number of hydrogen-bond acceptors (Lipinski definition) is 3. The van der Waals surface area contributed by atoms with Crippen molar-refractivity contribution in [3.8, 4) is 0 Å². The zero-order valence-corrected chi connectivity index (χ0v) is 8.87. The fraction of sp³-hybridized carbons (Fsp3) is 0.636. The van der Waals surface area contributed by atoms with Crippen molar-refractivity contribution in [3.63, 3.8) is 0 Å². The Morgan fingerprint density at radius 1 is 1.07 bits per heavy atom. The molecule has 3 heteroatoms. The van der Waals surface area contributed by atoms with Gasteiger partial charge in [0.05, 0.1) is 5.69 Å². The Morgan fingerprint density at radius 2 is 1.79 bits per heavy atom. The predicted octanol–water partition coefficient (Wildman–Crippen LogP) is 2.57. The molecule has 0 saturated heterocycles. The van der Waals surface area contributed by atoms with Crippen LogP contribution in [0, 0.1) is 0 Å². The fourth-order valence-corrected chi connectivity index (χ4v) is 1.47. The van der Waals surface area contributed by atoms with Crippen molar-refractivity contribution in [1.29, 1.82) is 0 Å². The fourth-order valence-electron chi connectivity index (χ4n) is 1.47. The third-order valence-electron chi connectivity index (χ3n) is 2.32. The van der Waals surface area contributed by atoms with Crippen molar-refractivity contribution in [2.24, 2.45) is 0 Å². The molecule has 0 aromatic carbocycles. The third-order valence-corrected chi connectivity index (χ3v) is 2.32. The molecule has 0 unspecified atom stereocenters. The Balaban J connectivity index is 2.21. The van der Waals surface area contributed by atoms with Crippen LogP contribution in [0.2, 0.25) is 0 Å². The van der Waals surface area contributed by atoms with Gasteiger partial charge in [-0.2, -0.15) is 0 Å². The summed E-state index contributed by atoms with van der Waals surface area (Å²) in [5.74, 6) is 0.586. The Kier molecular flexibility index (Phi) is 4.97. The Bertz CT molecular complexity index is 260. The summed E-state index contributed by atoms with van der Waals surface area (Å²) in [4.78, 5) is 8.22. The molecule has 0 amide bonds. The van der Waals surface area contributed by atoms with Crippen LogP contribution in [0.25, 0.3) is 0 Å². The standard InChI is InChI=1S/C11H19N3/c1-2-3-4-5-6-7-10-11(12)14-9-8-13-10/h8-9H,2-7H2,1H3,(H2,12,14). The van der Waals surface area contributed by atoms with Gasteiger partial charge in [0.15, 0.2) is 0 Å². The van der Waals surface area contributed by atoms with Crippen LogP contribution in [0.1, 0.15) is 44.7 Å². The summed E-state index contributed by atoms with van der Waals surface area (Å²) >= 11 is 0. The predicted molar refractivity (Wildman–Crippen MR) is 58.9 cm³/mol. The second kappa shape index (κ2) is 6.35. The van der Waals surface area contributed by atoms with Gasteiger partial charge in [0.2, 0.25) is 0 Å². The molecule has 2 N–H and O–H groups in total. The Morgan fingerprint density at radius 3 is 2.50 bits per heavy atom. The number of nitrogens with zero attached hydrogens (tertiary/aromatic N) is 2. The van der Waals surface area contributed by atoms with E-state index in [4.69, 9.17) is 5.73 Å². The molecule has 14 heavy (non-hydrogen) atoms. The minimum absolute atomic E-state index is 0.586. The van der Waals surface area contributed by atoms with E-state index in [1.807, 2.05) is 0 Å². The van der Waals surface area contributed by atoms with Crippen LogP contribution in [-0.2, 0) is 6.42 Å². The lowest BCUT2D eigenvalue weighted by Crippen LogP contribution is -2.00. The van der Waals surface area contributed by atoms with Crippen molar-refractivity contribution in [1.82, 2.24) is 9.97 Å². The number of anilines is 1. The van der Waals surface area contributed by atoms with Gasteiger partial charge in [-0.25, -0.2) is 4.98 Å². The zero-order chi connectivity index (χ0) is 10.2. The summed E-state index contributed by atoms with van der Waals surface area (Å²) in [6.45, 7) is 2.22. The van der Waals surface area contributed by atoms with Gasteiger partial charge in [0.25, 0.3) is 0 Å². The van der Waals surface area contributed by atoms with E-state index in [2.05, 4.69) is 16.9 Å². The molecule has 0 spiro atoms. The molecule has 1 aromatic heterocycles. The quantitative estimate of drug-likeness (QED) is 0.706. The van der Waals surface area contributed by atoms with Gasteiger partial charge in [-0.1, -0.05) is 32.6 Å². The van der Waals surface area contributed by atoms with E-state index >= 15 is 0 Å². The lowest BCUT2D eigenvalue weighted by atomic mass is 10.1. The van der Waals surface area contributed by atoms with Gasteiger partial charge in [0, 0.05) is 12.4 Å². The first-order chi connectivity index (χ1) is 6.84. The second-order valence-electron chi connectivity index (χ2n) is 3.55. The number of rotatable bonds is 6. The van der Waals surface area contributed by atoms with E-state index in [1.54, 1.807) is 12.4 Å². The van der Waals surface area contributed by atoms with Crippen LogP contribution in [-0.4, -0.2) is 9.97 Å². The summed E-state index contributed by atoms with van der Waals surface area (Å²) in [5, 5.41) is 0. The van der Waals surface area contributed by atoms with E-state index < -0.39 is 0 Å². The summed E-state index contributed by atoms with van der Waals surface area (Å²) in [5.41, 5.74) is 6.64. The van der Waals surface area contributed by atoms with Gasteiger partial charge in [-0.05, 0) is 12.8 Å². The van der Waals surface area contributed by atoms with E-state index in [1.165, 1.54) is 32.1 Å². The van der Waals surface area contributed by atoms with Crippen molar-refractivity contribution < 1.29 is 0 Å². The number of aryl methyl sites for hydroxylation is 1. The van der Waals surface area contributed by atoms with E-state index in [0.29, 0.717) is 5.82 Å². The molecule has 3 nitrogen and oxygen atoms in total. The first kappa shape index (κ1) is 11.0. The molecule has 0 bridgehead atoms. The van der Waals surface area contributed by atoms with Gasteiger partial charge >= 0.3 is 0 Å². The van der Waals surface area contributed by atoms with E-state index in [9.17, 15) is 0 Å². The summed E-state index contributed by atoms with van der Waals surface area (Å²) < 4.78 is 0. The monoisotopic (exact) mass is 193 g/mol. The SMILES string of the molecule is CCCCCCCc1nccnc1N. The van der Waals surface area contributed by atoms with Crippen LogP contribution < -0.4 is 5.73 Å². The van der Waals surface area contributed by atoms with Crippen molar-refractivity contribution in [3.05, 3.63) is 18.1 Å². The van der Waals surface area contributed by atoms with E-state index in [-0.39, 0.29) is 0 Å². The highest BCUT2D eigenvalue weighted by Crippen LogP contribution is 2.10. The molecular formula is C11H19N3. The normalized spacial score (nSPS) is 10.4. The molecule has 1 aromatic rings. The summed E-state index contributed by atoms with van der Waals surface area (Å²) in [7, 11) is 0. The Labute approximate surface area is 85.8 Å². The number of unbranched alkanes of at least 4 members (excludes halogenated alkanes) is 4. The Hall–Kier alpha value is -1.12. The number of hydrogen-bond donors (Lipinski definition) is 1. The number of nitrogen functional groups attached to an aromatic ring is 1. The van der Waals surface area contributed by atoms with E-state index in [0.717, 1.165) is 12.1 Å². The highest BCUT2D eigenvalue weighted by Gasteiger charge is 1.99. The summed E-state index contributed by atoms with van der Waals surface area (Å²) in [6, 6.07) is 0. The lowest BCUT2D eigenvalue weighted by Gasteiger charge is -2.02. The van der Waals surface area contributed by atoms with Crippen molar-refractivity contribution >= 4 is 5.82 Å². The molecule has 0 fully saturated rings. The van der Waals surface area contributed by atoms with Gasteiger partial charge in [0.1, 0.15) is 5.82 Å². The average Bonchev–Trinajstić information content (AvgIpc) is 2.20. The topological polar surface area (TPSA) is 51.8 Å². The highest BCUT2D eigenvalue weighted by molar-refractivity contribution is 5.32. The molecule has 78 valence electrons. The van der Waals surface area contributed by atoms with Crippen LogP contribution in [0.5, 0.6) is 0 Å². The maximum atomic E-state index is 5.69. The minimum atomic E-state index is 0.586. The lowest BCUT2D eigenvalue weighted by molar-refractivity contribution is 0.628. The smallest absolute Gasteiger partial charge is 0.145 e. The molecular weight excluding hydrogens is 174 g/mol. The molecule has 0 saturated carbocycles. The summed E-state index contributed by atoms with van der Waals surface area (Å²) in [6.07, 6.45) is 10.7. The van der Waals surface area contributed by atoms with Crippen LogP contribution >= 0.6 is 0 Å². The molecule has 0 aliphatic rings. The molecule has 1 heterocycles. The number of nitrogens with two attached hydrogens (primary N) is 1. The third kappa shape index (κ3) is 3.73. The van der Waals surface area contributed by atoms with Crippen molar-refractivity contribution in [2.75, 3.05) is 5.73 Å². The molecule has 0 aliphatic heterocycles. The van der Waals surface area contributed by atoms with Crippen LogP contribution in [0.3, 0.4) is 0 Å².